The summed E-state index contributed by atoms with van der Waals surface area (Å²) >= 11 is 0. The molecule has 0 heterocycles. The van der Waals surface area contributed by atoms with Crippen LogP contribution in [0.3, 0.4) is 0 Å². The second-order valence-corrected chi connectivity index (χ2v) is 7.83. The lowest BCUT2D eigenvalue weighted by Gasteiger charge is -2.49. The molecule has 100 valence electrons. The summed E-state index contributed by atoms with van der Waals surface area (Å²) in [6, 6.07) is 11.6. The van der Waals surface area contributed by atoms with E-state index in [1.807, 2.05) is 0 Å². The van der Waals surface area contributed by atoms with E-state index in [2.05, 4.69) is 37.3 Å². The van der Waals surface area contributed by atoms with Gasteiger partial charge in [-0.15, -0.1) is 0 Å². The van der Waals surface area contributed by atoms with E-state index in [9.17, 15) is 0 Å². The van der Waals surface area contributed by atoms with Crippen LogP contribution in [0.1, 0.15) is 57.4 Å². The third kappa shape index (κ3) is 0.833. The average molecular weight is 252 g/mol. The molecule has 0 heteroatoms. The van der Waals surface area contributed by atoms with Crippen LogP contribution >= 0.6 is 0 Å². The monoisotopic (exact) mass is 252 g/mol. The molecule has 0 saturated heterocycles. The molecule has 0 amide bonds. The van der Waals surface area contributed by atoms with E-state index in [4.69, 9.17) is 0 Å². The van der Waals surface area contributed by atoms with E-state index in [0.717, 1.165) is 17.3 Å². The van der Waals surface area contributed by atoms with Gasteiger partial charge in [-0.2, -0.15) is 0 Å². The van der Waals surface area contributed by atoms with E-state index in [-0.39, 0.29) is 0 Å². The van der Waals surface area contributed by atoms with Crippen molar-refractivity contribution in [1.82, 2.24) is 0 Å². The first-order chi connectivity index (χ1) is 9.29. The Kier molecular flexibility index (Phi) is 1.79. The Morgan fingerprint density at radius 2 is 1.63 bits per heavy atom. The summed E-state index contributed by atoms with van der Waals surface area (Å²) < 4.78 is 0. The first-order valence-corrected chi connectivity index (χ1v) is 8.34. The van der Waals surface area contributed by atoms with Crippen molar-refractivity contribution in [3.63, 3.8) is 0 Å². The molecule has 1 aromatic carbocycles. The first kappa shape index (κ1) is 10.9. The van der Waals surface area contributed by atoms with Gasteiger partial charge in [0.25, 0.3) is 0 Å². The van der Waals surface area contributed by atoms with Gasteiger partial charge in [-0.05, 0) is 53.9 Å². The van der Waals surface area contributed by atoms with Crippen LogP contribution < -0.4 is 0 Å². The van der Waals surface area contributed by atoms with Gasteiger partial charge in [-0.1, -0.05) is 56.5 Å². The molecular weight excluding hydrogens is 228 g/mol. The Morgan fingerprint density at radius 3 is 2.47 bits per heavy atom. The Bertz CT molecular complexity index is 532. The van der Waals surface area contributed by atoms with Gasteiger partial charge < -0.3 is 0 Å². The van der Waals surface area contributed by atoms with Crippen molar-refractivity contribution in [2.45, 2.75) is 57.3 Å². The fraction of sp³-hybridized carbons (Fsp3) is 0.684. The minimum absolute atomic E-state index is 0.596. The predicted octanol–water partition coefficient (Wildman–Crippen LogP) is 4.93. The van der Waals surface area contributed by atoms with Crippen molar-refractivity contribution in [2.24, 2.45) is 22.7 Å². The van der Waals surface area contributed by atoms with Crippen molar-refractivity contribution in [3.05, 3.63) is 35.9 Å². The average Bonchev–Trinajstić information content (AvgIpc) is 2.71. The first-order valence-electron chi connectivity index (χ1n) is 8.34. The molecule has 0 aliphatic heterocycles. The quantitative estimate of drug-likeness (QED) is 0.664. The van der Waals surface area contributed by atoms with Gasteiger partial charge >= 0.3 is 0 Å². The highest BCUT2D eigenvalue weighted by atomic mass is 15.0. The number of hydrogen-bond donors (Lipinski definition) is 0. The highest BCUT2D eigenvalue weighted by molar-refractivity contribution is 5.55. The van der Waals surface area contributed by atoms with Gasteiger partial charge in [-0.25, -0.2) is 0 Å². The fourth-order valence-electron chi connectivity index (χ4n) is 7.80. The molecule has 1 aromatic rings. The van der Waals surface area contributed by atoms with Gasteiger partial charge in [0.1, 0.15) is 0 Å². The van der Waals surface area contributed by atoms with Crippen LogP contribution in [0.5, 0.6) is 0 Å². The van der Waals surface area contributed by atoms with Crippen LogP contribution in [0.15, 0.2) is 30.3 Å². The summed E-state index contributed by atoms with van der Waals surface area (Å²) in [5.41, 5.74) is 3.66. The second kappa shape index (κ2) is 3.10. The molecule has 0 nitrogen and oxygen atoms in total. The van der Waals surface area contributed by atoms with E-state index in [1.54, 1.807) is 5.56 Å². The molecule has 0 aromatic heterocycles. The lowest BCUT2D eigenvalue weighted by Crippen LogP contribution is -2.46. The van der Waals surface area contributed by atoms with Crippen LogP contribution in [0.4, 0.5) is 0 Å². The van der Waals surface area contributed by atoms with Gasteiger partial charge in [-0.3, -0.25) is 0 Å². The summed E-state index contributed by atoms with van der Waals surface area (Å²) in [6.07, 6.45) is 10.5. The standard InChI is InChI=1S/C19H24/c1-17-12-5-6-13-18(17)15-10-7-11-16(15)19(17,18)14-8-3-2-4-9-14/h2-4,8-9,15-16H,5-7,10-13H2,1H3/t15-,16+,17-,18-,19-/m0/s1. The Hall–Kier alpha value is -0.780. The lowest BCUT2D eigenvalue weighted by molar-refractivity contribution is 0.0412. The van der Waals surface area contributed by atoms with Gasteiger partial charge in [0.05, 0.1) is 0 Å². The Labute approximate surface area is 116 Å². The van der Waals surface area contributed by atoms with Gasteiger partial charge in [0.15, 0.2) is 0 Å². The highest BCUT2D eigenvalue weighted by Gasteiger charge is 2.95. The van der Waals surface area contributed by atoms with Crippen molar-refractivity contribution in [2.75, 3.05) is 0 Å². The van der Waals surface area contributed by atoms with E-state index < -0.39 is 0 Å². The van der Waals surface area contributed by atoms with Crippen molar-refractivity contribution >= 4 is 0 Å². The zero-order valence-corrected chi connectivity index (χ0v) is 12.0. The zero-order chi connectivity index (χ0) is 12.7. The minimum atomic E-state index is 0.596. The van der Waals surface area contributed by atoms with E-state index in [0.29, 0.717) is 10.8 Å². The minimum Gasteiger partial charge on any atom is -0.0622 e. The van der Waals surface area contributed by atoms with Crippen LogP contribution in [-0.2, 0) is 5.41 Å². The predicted molar refractivity (Wildman–Crippen MR) is 78.0 cm³/mol. The van der Waals surface area contributed by atoms with Crippen LogP contribution in [-0.4, -0.2) is 0 Å². The Balaban J connectivity index is 1.72. The normalized spacial score (nSPS) is 53.7. The molecule has 4 saturated carbocycles. The summed E-state index contributed by atoms with van der Waals surface area (Å²) in [4.78, 5) is 0. The topological polar surface area (TPSA) is 0 Å². The van der Waals surface area contributed by atoms with Crippen molar-refractivity contribution in [3.8, 4) is 0 Å². The van der Waals surface area contributed by atoms with E-state index in [1.165, 1.54) is 44.9 Å². The molecule has 4 aliphatic rings. The van der Waals surface area contributed by atoms with Crippen LogP contribution in [0.2, 0.25) is 0 Å². The maximum Gasteiger partial charge on any atom is 0.0108 e. The molecule has 0 bridgehead atoms. The SMILES string of the molecule is C[C@]12CCCC[C@]13[C@H]1CCC[C@H]1[C@@]23c1ccccc1. The van der Waals surface area contributed by atoms with Crippen LogP contribution in [0, 0.1) is 22.7 Å². The molecule has 4 aliphatic carbocycles. The van der Waals surface area contributed by atoms with E-state index >= 15 is 0 Å². The number of rotatable bonds is 1. The smallest absolute Gasteiger partial charge is 0.0108 e. The number of fused-ring (bicyclic) bond motifs is 3. The van der Waals surface area contributed by atoms with Crippen LogP contribution in [0.25, 0.3) is 0 Å². The molecular formula is C19H24. The largest absolute Gasteiger partial charge is 0.0622 e. The van der Waals surface area contributed by atoms with Crippen molar-refractivity contribution < 1.29 is 0 Å². The molecule has 0 radical (unpaired) electrons. The highest BCUT2D eigenvalue weighted by Crippen LogP contribution is 2.98. The number of benzene rings is 1. The molecule has 1 spiro atoms. The third-order valence-electron chi connectivity index (χ3n) is 7.93. The Morgan fingerprint density at radius 1 is 0.895 bits per heavy atom. The van der Waals surface area contributed by atoms with Gasteiger partial charge in [0.2, 0.25) is 0 Å². The maximum absolute atomic E-state index is 2.65. The third-order valence-corrected chi connectivity index (χ3v) is 7.93. The molecule has 5 rings (SSSR count). The molecule has 19 heavy (non-hydrogen) atoms. The molecule has 5 atom stereocenters. The maximum atomic E-state index is 2.65. The molecule has 4 fully saturated rings. The summed E-state index contributed by atoms with van der Waals surface area (Å²) in [5.74, 6) is 2.11. The molecule has 0 unspecified atom stereocenters. The summed E-state index contributed by atoms with van der Waals surface area (Å²) in [6.45, 7) is 2.65. The zero-order valence-electron chi connectivity index (χ0n) is 12.0. The lowest BCUT2D eigenvalue weighted by atomic mass is 9.54. The molecule has 0 N–H and O–H groups in total. The van der Waals surface area contributed by atoms with Crippen molar-refractivity contribution in [1.29, 1.82) is 0 Å². The fourth-order valence-corrected chi connectivity index (χ4v) is 7.80. The summed E-state index contributed by atoms with van der Waals surface area (Å²) in [7, 11) is 0. The summed E-state index contributed by atoms with van der Waals surface area (Å²) in [5, 5.41) is 0. The second-order valence-electron chi connectivity index (χ2n) is 7.83. The number of hydrogen-bond acceptors (Lipinski definition) is 0. The van der Waals surface area contributed by atoms with Gasteiger partial charge in [0, 0.05) is 5.41 Å².